The van der Waals surface area contributed by atoms with Gasteiger partial charge in [0.05, 0.1) is 17.3 Å². The van der Waals surface area contributed by atoms with Crippen LogP contribution in [0.3, 0.4) is 0 Å². The molecular formula is C23H23N5O3. The van der Waals surface area contributed by atoms with Crippen LogP contribution in [0.2, 0.25) is 0 Å². The fraction of sp³-hybridized carbons (Fsp3) is 0.304. The molecule has 3 heterocycles. The Morgan fingerprint density at radius 3 is 2.68 bits per heavy atom. The number of carbonyl (C=O) groups is 1. The lowest BCUT2D eigenvalue weighted by Gasteiger charge is -2.09. The average molecular weight is 417 g/mol. The standard InChI is InChI=1S/C23H23N5O3/c1-27-20-17(22(30)28(2)23(27)31)11-14(12-24-20)25-21(29)13-8-9-19-16(10-13)15-6-4-3-5-7-18(15)26-19/h8-12,26H,3-7H2,1-2H3,(H,25,29). The van der Waals surface area contributed by atoms with Gasteiger partial charge in [-0.25, -0.2) is 9.78 Å². The summed E-state index contributed by atoms with van der Waals surface area (Å²) in [6, 6.07) is 7.24. The van der Waals surface area contributed by atoms with E-state index in [2.05, 4.69) is 15.3 Å². The van der Waals surface area contributed by atoms with E-state index in [1.54, 1.807) is 19.2 Å². The van der Waals surface area contributed by atoms with Crippen molar-refractivity contribution in [3.05, 3.63) is 68.1 Å². The summed E-state index contributed by atoms with van der Waals surface area (Å²) < 4.78 is 2.34. The van der Waals surface area contributed by atoms with Crippen LogP contribution in [0.25, 0.3) is 21.9 Å². The van der Waals surface area contributed by atoms with Crippen molar-refractivity contribution >= 4 is 33.5 Å². The van der Waals surface area contributed by atoms with E-state index in [0.717, 1.165) is 34.7 Å². The number of hydrogen-bond donors (Lipinski definition) is 2. The highest BCUT2D eigenvalue weighted by Gasteiger charge is 2.17. The molecule has 1 aliphatic rings. The molecule has 8 heteroatoms. The van der Waals surface area contributed by atoms with Gasteiger partial charge < -0.3 is 10.3 Å². The molecule has 1 aliphatic carbocycles. The highest BCUT2D eigenvalue weighted by molar-refractivity contribution is 6.07. The Hall–Kier alpha value is -3.68. The molecule has 158 valence electrons. The SMILES string of the molecule is Cn1c(=O)c2cc(NC(=O)c3ccc4[nH]c5c(c4c3)CCCCC5)cnc2n(C)c1=O. The predicted molar refractivity (Wildman–Crippen MR) is 120 cm³/mol. The summed E-state index contributed by atoms with van der Waals surface area (Å²) >= 11 is 0. The normalized spacial score (nSPS) is 13.9. The van der Waals surface area contributed by atoms with Gasteiger partial charge in [0.2, 0.25) is 0 Å². The Morgan fingerprint density at radius 2 is 1.84 bits per heavy atom. The summed E-state index contributed by atoms with van der Waals surface area (Å²) in [5, 5.41) is 4.21. The van der Waals surface area contributed by atoms with E-state index < -0.39 is 11.2 Å². The first kappa shape index (κ1) is 19.3. The van der Waals surface area contributed by atoms with Gasteiger partial charge in [0.1, 0.15) is 5.65 Å². The van der Waals surface area contributed by atoms with Gasteiger partial charge in [-0.3, -0.25) is 18.7 Å². The Balaban J connectivity index is 1.50. The van der Waals surface area contributed by atoms with Gasteiger partial charge in [0.25, 0.3) is 11.5 Å². The number of rotatable bonds is 2. The third kappa shape index (κ3) is 3.15. The fourth-order valence-electron chi connectivity index (χ4n) is 4.46. The van der Waals surface area contributed by atoms with Crippen molar-refractivity contribution in [2.75, 3.05) is 5.32 Å². The molecule has 0 spiro atoms. The molecule has 0 saturated heterocycles. The van der Waals surface area contributed by atoms with Crippen molar-refractivity contribution < 1.29 is 4.79 Å². The number of aromatic amines is 1. The molecule has 0 radical (unpaired) electrons. The highest BCUT2D eigenvalue weighted by atomic mass is 16.2. The average Bonchev–Trinajstić information content (AvgIpc) is 2.95. The van der Waals surface area contributed by atoms with Gasteiger partial charge in [-0.2, -0.15) is 0 Å². The second-order valence-corrected chi connectivity index (χ2v) is 8.16. The Bertz CT molecular complexity index is 1470. The number of fused-ring (bicyclic) bond motifs is 4. The van der Waals surface area contributed by atoms with Crippen LogP contribution in [-0.4, -0.2) is 25.0 Å². The molecule has 4 aromatic rings. The molecule has 0 saturated carbocycles. The van der Waals surface area contributed by atoms with Crippen molar-refractivity contribution in [2.24, 2.45) is 14.1 Å². The van der Waals surface area contributed by atoms with Gasteiger partial charge in [0.15, 0.2) is 0 Å². The Labute approximate surface area is 177 Å². The quantitative estimate of drug-likeness (QED) is 0.490. The number of carbonyl (C=O) groups excluding carboxylic acids is 1. The molecule has 1 aromatic carbocycles. The van der Waals surface area contributed by atoms with Crippen LogP contribution < -0.4 is 16.6 Å². The van der Waals surface area contributed by atoms with E-state index in [0.29, 0.717) is 11.3 Å². The van der Waals surface area contributed by atoms with Crippen LogP contribution in [0.15, 0.2) is 40.1 Å². The number of aromatic nitrogens is 4. The lowest BCUT2D eigenvalue weighted by atomic mass is 10.0. The molecule has 0 unspecified atom stereocenters. The minimum Gasteiger partial charge on any atom is -0.358 e. The zero-order valence-electron chi connectivity index (χ0n) is 17.5. The maximum atomic E-state index is 12.9. The summed E-state index contributed by atoms with van der Waals surface area (Å²) in [4.78, 5) is 45.2. The van der Waals surface area contributed by atoms with Crippen molar-refractivity contribution in [1.29, 1.82) is 0 Å². The number of nitrogens with zero attached hydrogens (tertiary/aromatic N) is 3. The summed E-state index contributed by atoms with van der Waals surface area (Å²) in [5.74, 6) is -0.270. The van der Waals surface area contributed by atoms with E-state index in [9.17, 15) is 14.4 Å². The summed E-state index contributed by atoms with van der Waals surface area (Å²) in [5.41, 5.74) is 4.00. The highest BCUT2D eigenvalue weighted by Crippen LogP contribution is 2.29. The first-order valence-corrected chi connectivity index (χ1v) is 10.4. The fourth-order valence-corrected chi connectivity index (χ4v) is 4.46. The van der Waals surface area contributed by atoms with Crippen LogP contribution in [0, 0.1) is 0 Å². The molecule has 31 heavy (non-hydrogen) atoms. The van der Waals surface area contributed by atoms with Gasteiger partial charge in [-0.15, -0.1) is 0 Å². The molecule has 5 rings (SSSR count). The zero-order chi connectivity index (χ0) is 21.7. The van der Waals surface area contributed by atoms with Crippen LogP contribution in [-0.2, 0) is 26.9 Å². The van der Waals surface area contributed by atoms with Gasteiger partial charge in [-0.05, 0) is 55.5 Å². The first-order valence-electron chi connectivity index (χ1n) is 10.4. The van der Waals surface area contributed by atoms with E-state index in [1.165, 1.54) is 41.9 Å². The summed E-state index contributed by atoms with van der Waals surface area (Å²) in [6.45, 7) is 0. The monoisotopic (exact) mass is 417 g/mol. The van der Waals surface area contributed by atoms with Crippen molar-refractivity contribution in [3.63, 3.8) is 0 Å². The van der Waals surface area contributed by atoms with Crippen molar-refractivity contribution in [3.8, 4) is 0 Å². The van der Waals surface area contributed by atoms with E-state index >= 15 is 0 Å². The maximum Gasteiger partial charge on any atom is 0.332 e. The van der Waals surface area contributed by atoms with Gasteiger partial charge in [-0.1, -0.05) is 6.42 Å². The topological polar surface area (TPSA) is 102 Å². The smallest absolute Gasteiger partial charge is 0.332 e. The minimum absolute atomic E-state index is 0.270. The number of hydrogen-bond acceptors (Lipinski definition) is 4. The number of pyridine rings is 1. The molecule has 0 aliphatic heterocycles. The molecule has 8 nitrogen and oxygen atoms in total. The molecule has 0 bridgehead atoms. The van der Waals surface area contributed by atoms with E-state index in [-0.39, 0.29) is 16.9 Å². The molecule has 0 atom stereocenters. The van der Waals surface area contributed by atoms with Crippen LogP contribution in [0.4, 0.5) is 5.69 Å². The van der Waals surface area contributed by atoms with Crippen LogP contribution in [0.5, 0.6) is 0 Å². The zero-order valence-corrected chi connectivity index (χ0v) is 17.5. The number of anilines is 1. The van der Waals surface area contributed by atoms with Crippen LogP contribution >= 0.6 is 0 Å². The number of H-pyrrole nitrogens is 1. The van der Waals surface area contributed by atoms with Crippen LogP contribution in [0.1, 0.15) is 40.9 Å². The summed E-state index contributed by atoms with van der Waals surface area (Å²) in [7, 11) is 2.98. The lowest BCUT2D eigenvalue weighted by Crippen LogP contribution is -2.37. The third-order valence-corrected chi connectivity index (χ3v) is 6.16. The third-order valence-electron chi connectivity index (χ3n) is 6.16. The predicted octanol–water partition coefficient (Wildman–Crippen LogP) is 2.63. The number of aryl methyl sites for hydroxylation is 3. The van der Waals surface area contributed by atoms with Crippen molar-refractivity contribution in [1.82, 2.24) is 19.1 Å². The largest absolute Gasteiger partial charge is 0.358 e. The second kappa shape index (κ2) is 7.23. The number of nitrogens with one attached hydrogen (secondary N) is 2. The summed E-state index contributed by atoms with van der Waals surface area (Å²) in [6.07, 6.45) is 7.11. The van der Waals surface area contributed by atoms with Gasteiger partial charge in [0, 0.05) is 36.3 Å². The van der Waals surface area contributed by atoms with E-state index in [1.807, 2.05) is 12.1 Å². The minimum atomic E-state index is -0.446. The first-order chi connectivity index (χ1) is 14.9. The maximum absolute atomic E-state index is 12.9. The lowest BCUT2D eigenvalue weighted by molar-refractivity contribution is 0.102. The molecule has 1 amide bonds. The second-order valence-electron chi connectivity index (χ2n) is 8.16. The van der Waals surface area contributed by atoms with E-state index in [4.69, 9.17) is 0 Å². The number of benzene rings is 1. The Morgan fingerprint density at radius 1 is 1.03 bits per heavy atom. The Kier molecular flexibility index (Phi) is 4.50. The number of amides is 1. The molecule has 0 fully saturated rings. The van der Waals surface area contributed by atoms with Gasteiger partial charge >= 0.3 is 5.69 Å². The molecule has 3 aromatic heterocycles. The molecular weight excluding hydrogens is 394 g/mol. The molecule has 2 N–H and O–H groups in total. The van der Waals surface area contributed by atoms with Crippen molar-refractivity contribution in [2.45, 2.75) is 32.1 Å².